The fourth-order valence-corrected chi connectivity index (χ4v) is 4.08. The molecule has 2 unspecified atom stereocenters. The van der Waals surface area contributed by atoms with Crippen molar-refractivity contribution in [3.63, 3.8) is 0 Å². The predicted molar refractivity (Wildman–Crippen MR) is 120 cm³/mol. The maximum absolute atomic E-state index is 6.04. The first-order valence-electron chi connectivity index (χ1n) is 10.2. The first-order chi connectivity index (χ1) is 13.0. The summed E-state index contributed by atoms with van der Waals surface area (Å²) in [5, 5.41) is 1.20. The van der Waals surface area contributed by atoms with E-state index in [-0.39, 0.29) is 0 Å². The summed E-state index contributed by atoms with van der Waals surface area (Å²) >= 11 is 0. The van der Waals surface area contributed by atoms with Crippen LogP contribution in [-0.2, 0) is 19.4 Å². The molecule has 1 aliphatic rings. The van der Waals surface area contributed by atoms with E-state index in [2.05, 4.69) is 78.6 Å². The molecule has 0 fully saturated rings. The van der Waals surface area contributed by atoms with Crippen LogP contribution >= 0.6 is 9.24 Å². The molecule has 0 saturated heterocycles. The third-order valence-electron chi connectivity index (χ3n) is 5.98. The smallest absolute Gasteiger partial charge is 0.120 e. The summed E-state index contributed by atoms with van der Waals surface area (Å²) in [6.45, 7) is 7.58. The van der Waals surface area contributed by atoms with Crippen LogP contribution in [0.3, 0.4) is 0 Å². The van der Waals surface area contributed by atoms with E-state index < -0.39 is 0 Å². The molecule has 0 aliphatic heterocycles. The molecule has 0 heterocycles. The quantitative estimate of drug-likeness (QED) is 0.399. The van der Waals surface area contributed by atoms with Crippen LogP contribution in [0.25, 0.3) is 0 Å². The number of fused-ring (bicyclic) bond motifs is 1. The molecule has 3 rings (SSSR count). The molecule has 2 aromatic rings. The monoisotopic (exact) mass is 380 g/mol. The van der Waals surface area contributed by atoms with Gasteiger partial charge >= 0.3 is 0 Å². The molecular weight excluding hydrogens is 347 g/mol. The van der Waals surface area contributed by atoms with Gasteiger partial charge in [-0.05, 0) is 85.0 Å². The molecular formula is C25H33OP. The van der Waals surface area contributed by atoms with Crippen molar-refractivity contribution in [2.45, 2.75) is 65.9 Å². The van der Waals surface area contributed by atoms with Gasteiger partial charge in [0, 0.05) is 0 Å². The van der Waals surface area contributed by atoms with Gasteiger partial charge in [0.1, 0.15) is 12.4 Å². The average molecular weight is 381 g/mol. The Bertz CT molecular complexity index is 790. The van der Waals surface area contributed by atoms with E-state index in [0.29, 0.717) is 12.0 Å². The van der Waals surface area contributed by atoms with Gasteiger partial charge in [-0.1, -0.05) is 55.8 Å². The van der Waals surface area contributed by atoms with E-state index in [9.17, 15) is 0 Å². The molecule has 0 N–H and O–H groups in total. The van der Waals surface area contributed by atoms with Crippen LogP contribution in [0.2, 0.25) is 0 Å². The molecule has 0 amide bonds. The standard InChI is InChI=1S/C25H33OP/c1-4-19(2)6-5-14-25(3)15-13-21-16-23(10-9-22(21)17-25)26-18-20-7-11-24(27)12-8-20/h6-12,16H,4-5,13-15,17-18,27H2,1-3H3/b19-6+. The largest absolute Gasteiger partial charge is 0.489 e. The Morgan fingerprint density at radius 1 is 1.15 bits per heavy atom. The Hall–Kier alpha value is -1.59. The molecule has 0 bridgehead atoms. The highest BCUT2D eigenvalue weighted by atomic mass is 31.0. The Labute approximate surface area is 167 Å². The van der Waals surface area contributed by atoms with Crippen LogP contribution in [0.4, 0.5) is 0 Å². The maximum atomic E-state index is 6.04. The van der Waals surface area contributed by atoms with E-state index in [1.54, 1.807) is 0 Å². The zero-order valence-corrected chi connectivity index (χ0v) is 18.2. The van der Waals surface area contributed by atoms with Crippen molar-refractivity contribution in [1.82, 2.24) is 0 Å². The fourth-order valence-electron chi connectivity index (χ4n) is 3.89. The van der Waals surface area contributed by atoms with Crippen molar-refractivity contribution in [2.75, 3.05) is 0 Å². The van der Waals surface area contributed by atoms with Crippen LogP contribution in [0.15, 0.2) is 54.1 Å². The lowest BCUT2D eigenvalue weighted by Crippen LogP contribution is -2.25. The number of hydrogen-bond acceptors (Lipinski definition) is 1. The lowest BCUT2D eigenvalue weighted by atomic mass is 9.70. The molecule has 2 aromatic carbocycles. The zero-order chi connectivity index (χ0) is 19.3. The Kier molecular flexibility index (Phi) is 6.77. The highest BCUT2D eigenvalue weighted by molar-refractivity contribution is 7.27. The van der Waals surface area contributed by atoms with Crippen LogP contribution < -0.4 is 10.0 Å². The summed E-state index contributed by atoms with van der Waals surface area (Å²) in [4.78, 5) is 0. The van der Waals surface area contributed by atoms with Gasteiger partial charge in [-0.15, -0.1) is 9.24 Å². The lowest BCUT2D eigenvalue weighted by molar-refractivity contribution is 0.256. The number of rotatable bonds is 7. The summed E-state index contributed by atoms with van der Waals surface area (Å²) in [6, 6.07) is 15.2. The van der Waals surface area contributed by atoms with E-state index in [0.717, 1.165) is 5.75 Å². The first kappa shape index (κ1) is 20.2. The molecule has 0 spiro atoms. The second-order valence-electron chi connectivity index (χ2n) is 8.39. The Balaban J connectivity index is 1.59. The molecule has 27 heavy (non-hydrogen) atoms. The molecule has 1 aliphatic carbocycles. The van der Waals surface area contributed by atoms with Gasteiger partial charge in [0.15, 0.2) is 0 Å². The van der Waals surface area contributed by atoms with Crippen molar-refractivity contribution in [3.05, 3.63) is 70.8 Å². The molecule has 0 aromatic heterocycles. The third-order valence-corrected chi connectivity index (χ3v) is 6.36. The van der Waals surface area contributed by atoms with Gasteiger partial charge in [-0.25, -0.2) is 0 Å². The van der Waals surface area contributed by atoms with Gasteiger partial charge in [-0.2, -0.15) is 0 Å². The van der Waals surface area contributed by atoms with Crippen LogP contribution in [0, 0.1) is 5.41 Å². The van der Waals surface area contributed by atoms with Gasteiger partial charge < -0.3 is 4.74 Å². The van der Waals surface area contributed by atoms with Crippen molar-refractivity contribution >= 4 is 14.5 Å². The van der Waals surface area contributed by atoms with Gasteiger partial charge in [0.05, 0.1) is 0 Å². The molecule has 0 radical (unpaired) electrons. The minimum atomic E-state index is 0.430. The van der Waals surface area contributed by atoms with E-state index in [1.807, 2.05) is 0 Å². The minimum Gasteiger partial charge on any atom is -0.489 e. The Morgan fingerprint density at radius 3 is 2.67 bits per heavy atom. The first-order valence-corrected chi connectivity index (χ1v) is 10.8. The second kappa shape index (κ2) is 9.07. The average Bonchev–Trinajstić information content (AvgIpc) is 2.67. The highest BCUT2D eigenvalue weighted by Gasteiger charge is 2.29. The topological polar surface area (TPSA) is 9.23 Å². The minimum absolute atomic E-state index is 0.430. The van der Waals surface area contributed by atoms with Crippen molar-refractivity contribution in [2.24, 2.45) is 5.41 Å². The van der Waals surface area contributed by atoms with Gasteiger partial charge in [0.2, 0.25) is 0 Å². The predicted octanol–water partition coefficient (Wildman–Crippen LogP) is 6.40. The SMILES string of the molecule is CC/C(C)=C/CCC1(C)CCc2cc(OCc3ccc(P)cc3)ccc2C1. The van der Waals surface area contributed by atoms with Crippen LogP contribution in [-0.4, -0.2) is 0 Å². The van der Waals surface area contributed by atoms with E-state index >= 15 is 0 Å². The molecule has 1 nitrogen and oxygen atoms in total. The van der Waals surface area contributed by atoms with Gasteiger partial charge in [-0.3, -0.25) is 0 Å². The lowest BCUT2D eigenvalue weighted by Gasteiger charge is -2.35. The molecule has 144 valence electrons. The second-order valence-corrected chi connectivity index (χ2v) is 9.06. The van der Waals surface area contributed by atoms with Crippen LogP contribution in [0.5, 0.6) is 5.75 Å². The number of ether oxygens (including phenoxy) is 1. The molecule has 2 atom stereocenters. The fraction of sp³-hybridized carbons (Fsp3) is 0.440. The number of hydrogen-bond donors (Lipinski definition) is 0. The summed E-state index contributed by atoms with van der Waals surface area (Å²) in [6.07, 6.45) is 9.73. The normalized spacial score (nSPS) is 19.6. The van der Waals surface area contributed by atoms with Crippen molar-refractivity contribution < 1.29 is 4.74 Å². The van der Waals surface area contributed by atoms with Crippen molar-refractivity contribution in [1.29, 1.82) is 0 Å². The number of aryl methyl sites for hydroxylation is 1. The Morgan fingerprint density at radius 2 is 1.93 bits per heavy atom. The highest BCUT2D eigenvalue weighted by Crippen LogP contribution is 2.40. The zero-order valence-electron chi connectivity index (χ0n) is 17.1. The van der Waals surface area contributed by atoms with Crippen LogP contribution in [0.1, 0.15) is 63.1 Å². The van der Waals surface area contributed by atoms with E-state index in [4.69, 9.17) is 4.74 Å². The maximum Gasteiger partial charge on any atom is 0.120 e. The summed E-state index contributed by atoms with van der Waals surface area (Å²) in [5.74, 6) is 0.994. The molecule has 2 heteroatoms. The molecule has 0 saturated carbocycles. The van der Waals surface area contributed by atoms with Crippen molar-refractivity contribution in [3.8, 4) is 5.75 Å². The summed E-state index contributed by atoms with van der Waals surface area (Å²) in [7, 11) is 2.72. The third kappa shape index (κ3) is 5.69. The summed E-state index contributed by atoms with van der Waals surface area (Å²) < 4.78 is 6.04. The summed E-state index contributed by atoms with van der Waals surface area (Å²) in [5.41, 5.74) is 6.15. The number of allylic oxidation sites excluding steroid dienone is 2. The van der Waals surface area contributed by atoms with E-state index in [1.165, 1.54) is 66.1 Å². The van der Waals surface area contributed by atoms with Gasteiger partial charge in [0.25, 0.3) is 0 Å². The number of benzene rings is 2.